The molecule has 1 aliphatic heterocycles. The first-order chi connectivity index (χ1) is 6.77. The summed E-state index contributed by atoms with van der Waals surface area (Å²) in [4.78, 5) is 4.11. The maximum absolute atomic E-state index is 5.83. The Morgan fingerprint density at radius 1 is 1.79 bits per heavy atom. The highest BCUT2D eigenvalue weighted by molar-refractivity contribution is 5.03. The Morgan fingerprint density at radius 2 is 2.64 bits per heavy atom. The van der Waals surface area contributed by atoms with Gasteiger partial charge in [-0.15, -0.1) is 0 Å². The van der Waals surface area contributed by atoms with Gasteiger partial charge < -0.3 is 15.0 Å². The molecule has 0 spiro atoms. The summed E-state index contributed by atoms with van der Waals surface area (Å²) < 4.78 is 7.67. The molecule has 2 atom stereocenters. The van der Waals surface area contributed by atoms with Gasteiger partial charge in [-0.2, -0.15) is 0 Å². The second kappa shape index (κ2) is 4.11. The zero-order chi connectivity index (χ0) is 9.97. The van der Waals surface area contributed by atoms with Crippen LogP contribution in [0.5, 0.6) is 0 Å². The highest BCUT2D eigenvalue weighted by Gasteiger charge is 2.17. The van der Waals surface area contributed by atoms with E-state index in [1.54, 1.807) is 0 Å². The fourth-order valence-electron chi connectivity index (χ4n) is 1.87. The van der Waals surface area contributed by atoms with Gasteiger partial charge in [0.25, 0.3) is 0 Å². The predicted molar refractivity (Wildman–Crippen MR) is 53.8 cm³/mol. The summed E-state index contributed by atoms with van der Waals surface area (Å²) in [5.41, 5.74) is 6.92. The van der Waals surface area contributed by atoms with E-state index in [-0.39, 0.29) is 6.04 Å². The van der Waals surface area contributed by atoms with Crippen LogP contribution in [0.4, 0.5) is 0 Å². The van der Waals surface area contributed by atoms with E-state index in [0.717, 1.165) is 25.3 Å². The van der Waals surface area contributed by atoms with Crippen LogP contribution in [0, 0.1) is 0 Å². The number of imidazole rings is 1. The van der Waals surface area contributed by atoms with E-state index in [1.807, 2.05) is 19.4 Å². The average Bonchev–Trinajstić information content (AvgIpc) is 2.75. The van der Waals surface area contributed by atoms with Crippen LogP contribution >= 0.6 is 0 Å². The quantitative estimate of drug-likeness (QED) is 0.785. The lowest BCUT2D eigenvalue weighted by Gasteiger charge is -2.14. The third-order valence-corrected chi connectivity index (χ3v) is 2.64. The Balaban J connectivity index is 2.04. The Bertz CT molecular complexity index is 289. The molecule has 1 saturated heterocycles. The van der Waals surface area contributed by atoms with Gasteiger partial charge in [-0.25, -0.2) is 4.98 Å². The van der Waals surface area contributed by atoms with Crippen molar-refractivity contribution in [3.05, 3.63) is 18.2 Å². The lowest BCUT2D eigenvalue weighted by molar-refractivity contribution is 0.0961. The van der Waals surface area contributed by atoms with Crippen LogP contribution in [-0.2, 0) is 11.3 Å². The van der Waals surface area contributed by atoms with E-state index >= 15 is 0 Å². The molecule has 4 nitrogen and oxygen atoms in total. The molecule has 1 fully saturated rings. The predicted octanol–water partition coefficient (Wildman–Crippen LogP) is 1.08. The molecule has 1 unspecified atom stereocenters. The molecular weight excluding hydrogens is 178 g/mol. The molecular formula is C10H17N3O. The van der Waals surface area contributed by atoms with Gasteiger partial charge in [-0.1, -0.05) is 0 Å². The normalized spacial score (nSPS) is 24.0. The Morgan fingerprint density at radius 3 is 3.29 bits per heavy atom. The van der Waals surface area contributed by atoms with Crippen molar-refractivity contribution >= 4 is 0 Å². The Hall–Kier alpha value is -0.870. The second-order valence-electron chi connectivity index (χ2n) is 3.89. The molecule has 0 bridgehead atoms. The van der Waals surface area contributed by atoms with Crippen LogP contribution < -0.4 is 5.73 Å². The second-order valence-corrected chi connectivity index (χ2v) is 3.89. The molecule has 0 radical (unpaired) electrons. The molecule has 1 aromatic rings. The topological polar surface area (TPSA) is 53.1 Å². The molecule has 78 valence electrons. The van der Waals surface area contributed by atoms with E-state index in [2.05, 4.69) is 9.55 Å². The van der Waals surface area contributed by atoms with Gasteiger partial charge in [0.15, 0.2) is 0 Å². The number of hydrogen-bond acceptors (Lipinski definition) is 3. The van der Waals surface area contributed by atoms with Crippen molar-refractivity contribution in [3.63, 3.8) is 0 Å². The van der Waals surface area contributed by atoms with Crippen LogP contribution in [0.3, 0.4) is 0 Å². The Labute approximate surface area is 84.1 Å². The fourth-order valence-corrected chi connectivity index (χ4v) is 1.87. The van der Waals surface area contributed by atoms with Gasteiger partial charge in [-0.3, -0.25) is 0 Å². The monoisotopic (exact) mass is 195 g/mol. The molecule has 0 aromatic carbocycles. The molecule has 2 heterocycles. The van der Waals surface area contributed by atoms with E-state index in [1.165, 1.54) is 6.42 Å². The maximum Gasteiger partial charge on any atom is 0.0949 e. The van der Waals surface area contributed by atoms with E-state index < -0.39 is 0 Å². The lowest BCUT2D eigenvalue weighted by Crippen LogP contribution is -2.19. The van der Waals surface area contributed by atoms with Crippen LogP contribution in [0.25, 0.3) is 0 Å². The third kappa shape index (κ3) is 1.96. The number of hydrogen-bond donors (Lipinski definition) is 1. The Kier molecular flexibility index (Phi) is 2.84. The first kappa shape index (κ1) is 9.68. The lowest BCUT2D eigenvalue weighted by atomic mass is 10.2. The van der Waals surface area contributed by atoms with Crippen LogP contribution in [0.2, 0.25) is 0 Å². The molecule has 2 rings (SSSR count). The number of ether oxygens (including phenoxy) is 1. The third-order valence-electron chi connectivity index (χ3n) is 2.64. The molecule has 1 aromatic heterocycles. The first-order valence-corrected chi connectivity index (χ1v) is 5.14. The van der Waals surface area contributed by atoms with Crippen molar-refractivity contribution < 1.29 is 4.74 Å². The first-order valence-electron chi connectivity index (χ1n) is 5.14. The fraction of sp³-hybridized carbons (Fsp3) is 0.700. The highest BCUT2D eigenvalue weighted by atomic mass is 16.5. The molecule has 4 heteroatoms. The average molecular weight is 195 g/mol. The summed E-state index contributed by atoms with van der Waals surface area (Å²) in [5, 5.41) is 0. The summed E-state index contributed by atoms with van der Waals surface area (Å²) in [6.07, 6.45) is 6.34. The van der Waals surface area contributed by atoms with Crippen molar-refractivity contribution in [2.75, 3.05) is 6.61 Å². The van der Waals surface area contributed by atoms with Gasteiger partial charge in [0.1, 0.15) is 0 Å². The van der Waals surface area contributed by atoms with Crippen molar-refractivity contribution in [1.29, 1.82) is 0 Å². The van der Waals surface area contributed by atoms with Gasteiger partial charge in [-0.05, 0) is 19.8 Å². The van der Waals surface area contributed by atoms with Gasteiger partial charge in [0.2, 0.25) is 0 Å². The molecule has 0 aliphatic carbocycles. The molecule has 2 N–H and O–H groups in total. The summed E-state index contributed by atoms with van der Waals surface area (Å²) in [5.74, 6) is 0. The van der Waals surface area contributed by atoms with E-state index in [9.17, 15) is 0 Å². The highest BCUT2D eigenvalue weighted by Crippen LogP contribution is 2.16. The number of rotatable bonds is 3. The number of aromatic nitrogens is 2. The van der Waals surface area contributed by atoms with Gasteiger partial charge >= 0.3 is 0 Å². The summed E-state index contributed by atoms with van der Waals surface area (Å²) in [6, 6.07) is 0.0407. The van der Waals surface area contributed by atoms with E-state index in [4.69, 9.17) is 10.5 Å². The van der Waals surface area contributed by atoms with Crippen molar-refractivity contribution in [3.8, 4) is 0 Å². The van der Waals surface area contributed by atoms with Gasteiger partial charge in [0, 0.05) is 18.8 Å². The maximum atomic E-state index is 5.83. The minimum atomic E-state index is 0.0407. The van der Waals surface area contributed by atoms with Crippen LogP contribution in [0.1, 0.15) is 31.5 Å². The van der Waals surface area contributed by atoms with Crippen LogP contribution in [-0.4, -0.2) is 22.3 Å². The zero-order valence-electron chi connectivity index (χ0n) is 8.52. The smallest absolute Gasteiger partial charge is 0.0949 e. The molecule has 1 aliphatic rings. The number of nitrogens with zero attached hydrogens (tertiary/aromatic N) is 2. The standard InChI is InChI=1S/C10H17N3O/c1-8(11)10-5-12-7-13(10)6-9-3-2-4-14-9/h5,7-9H,2-4,6,11H2,1H3/t8-,9?/m1/s1. The largest absolute Gasteiger partial charge is 0.376 e. The minimum absolute atomic E-state index is 0.0407. The molecule has 14 heavy (non-hydrogen) atoms. The summed E-state index contributed by atoms with van der Waals surface area (Å²) in [6.45, 7) is 3.76. The summed E-state index contributed by atoms with van der Waals surface area (Å²) in [7, 11) is 0. The SMILES string of the molecule is C[C@@H](N)c1cncn1CC1CCCO1. The van der Waals surface area contributed by atoms with Crippen molar-refractivity contribution in [1.82, 2.24) is 9.55 Å². The van der Waals surface area contributed by atoms with Crippen LogP contribution in [0.15, 0.2) is 12.5 Å². The molecule has 0 saturated carbocycles. The number of nitrogens with two attached hydrogens (primary N) is 1. The van der Waals surface area contributed by atoms with Crippen molar-refractivity contribution in [2.45, 2.75) is 38.5 Å². The minimum Gasteiger partial charge on any atom is -0.376 e. The van der Waals surface area contributed by atoms with Gasteiger partial charge in [0.05, 0.1) is 24.7 Å². The summed E-state index contributed by atoms with van der Waals surface area (Å²) >= 11 is 0. The van der Waals surface area contributed by atoms with E-state index in [0.29, 0.717) is 6.10 Å². The van der Waals surface area contributed by atoms with Crippen molar-refractivity contribution in [2.24, 2.45) is 5.73 Å². The zero-order valence-corrected chi connectivity index (χ0v) is 8.52. The molecule has 0 amide bonds.